The molecule has 0 saturated carbocycles. The summed E-state index contributed by atoms with van der Waals surface area (Å²) in [6, 6.07) is 68.0. The van der Waals surface area contributed by atoms with Gasteiger partial charge in [-0.25, -0.2) is 0 Å². The zero-order valence-corrected chi connectivity index (χ0v) is 31.6. The van der Waals surface area contributed by atoms with Crippen molar-refractivity contribution in [3.63, 3.8) is 0 Å². The second kappa shape index (κ2) is 11.8. The van der Waals surface area contributed by atoms with E-state index in [1.165, 1.54) is 49.7 Å². The average Bonchev–Trinajstić information content (AvgIpc) is 3.91. The smallest absolute Gasteiger partial charge is 0.213 e. The number of fused-ring (bicyclic) bond motifs is 10. The highest BCUT2D eigenvalue weighted by molar-refractivity contribution is 6.23. The Hall–Kier alpha value is -7.30. The SMILES string of the molecule is CC1(C)c2ccccc2N(c2ccc3c(c2)c2ccccc2n3-c2ccc(-c3cccc4oc5c(c6ccccc6n5-c5ccccc5)c34)cc2)c2ccccc21. The third kappa shape index (κ3) is 4.50. The fourth-order valence-corrected chi connectivity index (χ4v) is 9.72. The lowest BCUT2D eigenvalue weighted by Gasteiger charge is -2.42. The van der Waals surface area contributed by atoms with E-state index in [2.05, 4.69) is 216 Å². The number of rotatable bonds is 4. The highest BCUT2D eigenvalue weighted by atomic mass is 16.3. The first-order valence-electron chi connectivity index (χ1n) is 19.7. The van der Waals surface area contributed by atoms with E-state index in [1.54, 1.807) is 0 Å². The van der Waals surface area contributed by atoms with Gasteiger partial charge >= 0.3 is 0 Å². The van der Waals surface area contributed by atoms with Crippen molar-refractivity contribution in [2.45, 2.75) is 19.3 Å². The van der Waals surface area contributed by atoms with Crippen LogP contribution in [0.3, 0.4) is 0 Å². The average molecular weight is 732 g/mol. The number of hydrogen-bond acceptors (Lipinski definition) is 2. The molecule has 4 nitrogen and oxygen atoms in total. The van der Waals surface area contributed by atoms with E-state index in [9.17, 15) is 0 Å². The van der Waals surface area contributed by atoms with Crippen LogP contribution in [-0.4, -0.2) is 9.13 Å². The van der Waals surface area contributed by atoms with Gasteiger partial charge in [0.25, 0.3) is 0 Å². The normalized spacial score (nSPS) is 13.5. The van der Waals surface area contributed by atoms with E-state index in [0.29, 0.717) is 0 Å². The van der Waals surface area contributed by atoms with Crippen molar-refractivity contribution in [2.24, 2.45) is 0 Å². The first kappa shape index (κ1) is 32.0. The fraction of sp³-hybridized carbons (Fsp3) is 0.0566. The molecule has 0 amide bonds. The van der Waals surface area contributed by atoms with Gasteiger partial charge in [-0.2, -0.15) is 0 Å². The Balaban J connectivity index is 1.01. The van der Waals surface area contributed by atoms with Gasteiger partial charge in [0.2, 0.25) is 5.71 Å². The number of anilines is 3. The monoisotopic (exact) mass is 731 g/mol. The molecule has 4 heterocycles. The van der Waals surface area contributed by atoms with E-state index < -0.39 is 0 Å². The quantitative estimate of drug-likeness (QED) is 0.180. The van der Waals surface area contributed by atoms with Crippen LogP contribution in [-0.2, 0) is 5.41 Å². The molecule has 0 bridgehead atoms. The molecule has 4 heteroatoms. The predicted octanol–water partition coefficient (Wildman–Crippen LogP) is 14.4. The van der Waals surface area contributed by atoms with Gasteiger partial charge in [-0.3, -0.25) is 4.57 Å². The van der Waals surface area contributed by atoms with Crippen LogP contribution < -0.4 is 4.90 Å². The molecular weight excluding hydrogens is 695 g/mol. The van der Waals surface area contributed by atoms with Crippen molar-refractivity contribution >= 4 is 71.8 Å². The summed E-state index contributed by atoms with van der Waals surface area (Å²) < 4.78 is 11.4. The molecule has 0 unspecified atom stereocenters. The second-order valence-corrected chi connectivity index (χ2v) is 15.7. The van der Waals surface area contributed by atoms with Crippen LogP contribution in [0.4, 0.5) is 17.1 Å². The van der Waals surface area contributed by atoms with Crippen LogP contribution in [0.15, 0.2) is 192 Å². The molecule has 1 aliphatic heterocycles. The molecule has 0 fully saturated rings. The van der Waals surface area contributed by atoms with Crippen molar-refractivity contribution in [2.75, 3.05) is 4.90 Å². The van der Waals surface area contributed by atoms with E-state index in [4.69, 9.17) is 4.42 Å². The van der Waals surface area contributed by atoms with Crippen molar-refractivity contribution in [1.29, 1.82) is 0 Å². The maximum Gasteiger partial charge on any atom is 0.213 e. The number of para-hydroxylation sites is 5. The van der Waals surface area contributed by atoms with Gasteiger partial charge in [0, 0.05) is 44.0 Å². The Labute approximate surface area is 330 Å². The summed E-state index contributed by atoms with van der Waals surface area (Å²) in [5.74, 6) is 0. The van der Waals surface area contributed by atoms with Gasteiger partial charge in [-0.15, -0.1) is 0 Å². The first-order chi connectivity index (χ1) is 28.1. The molecule has 270 valence electrons. The lowest BCUT2D eigenvalue weighted by atomic mass is 9.73. The van der Waals surface area contributed by atoms with Crippen LogP contribution in [0.1, 0.15) is 25.0 Å². The van der Waals surface area contributed by atoms with Crippen LogP contribution in [0.25, 0.3) is 77.3 Å². The van der Waals surface area contributed by atoms with Crippen molar-refractivity contribution < 1.29 is 4.42 Å². The molecule has 11 aromatic rings. The predicted molar refractivity (Wildman–Crippen MR) is 237 cm³/mol. The zero-order chi connectivity index (χ0) is 37.8. The first-order valence-corrected chi connectivity index (χ1v) is 19.7. The van der Waals surface area contributed by atoms with E-state index >= 15 is 0 Å². The van der Waals surface area contributed by atoms with Crippen molar-refractivity contribution in [3.8, 4) is 22.5 Å². The Morgan fingerprint density at radius 2 is 1.00 bits per heavy atom. The molecule has 0 atom stereocenters. The summed E-state index contributed by atoms with van der Waals surface area (Å²) in [7, 11) is 0. The maximum absolute atomic E-state index is 6.72. The molecule has 0 N–H and O–H groups in total. The van der Waals surface area contributed by atoms with Gasteiger partial charge in [0.15, 0.2) is 0 Å². The summed E-state index contributed by atoms with van der Waals surface area (Å²) in [5, 5.41) is 5.93. The number of furan rings is 1. The summed E-state index contributed by atoms with van der Waals surface area (Å²) >= 11 is 0. The fourth-order valence-electron chi connectivity index (χ4n) is 9.72. The van der Waals surface area contributed by atoms with E-state index in [1.807, 2.05) is 0 Å². The van der Waals surface area contributed by atoms with Gasteiger partial charge in [-0.05, 0) is 95.1 Å². The third-order valence-electron chi connectivity index (χ3n) is 12.3. The Bertz CT molecular complexity index is 3330. The Morgan fingerprint density at radius 3 is 1.74 bits per heavy atom. The molecule has 12 rings (SSSR count). The summed E-state index contributed by atoms with van der Waals surface area (Å²) in [6.45, 7) is 4.68. The third-order valence-corrected chi connectivity index (χ3v) is 12.3. The minimum atomic E-state index is -0.105. The maximum atomic E-state index is 6.72. The minimum Gasteiger partial charge on any atom is -0.439 e. The molecule has 3 aromatic heterocycles. The van der Waals surface area contributed by atoms with Crippen LogP contribution in [0, 0.1) is 0 Å². The van der Waals surface area contributed by atoms with Gasteiger partial charge in [0.05, 0.1) is 33.3 Å². The highest BCUT2D eigenvalue weighted by Gasteiger charge is 2.36. The molecular formula is C53H37N3O. The number of nitrogens with zero attached hydrogens (tertiary/aromatic N) is 3. The van der Waals surface area contributed by atoms with Crippen LogP contribution in [0.5, 0.6) is 0 Å². The lowest BCUT2D eigenvalue weighted by Crippen LogP contribution is -2.30. The largest absolute Gasteiger partial charge is 0.439 e. The van der Waals surface area contributed by atoms with Crippen molar-refractivity contribution in [1.82, 2.24) is 9.13 Å². The Kier molecular flexibility index (Phi) is 6.65. The summed E-state index contributed by atoms with van der Waals surface area (Å²) in [5.41, 5.74) is 16.0. The lowest BCUT2D eigenvalue weighted by molar-refractivity contribution is 0.632. The number of benzene rings is 8. The second-order valence-electron chi connectivity index (χ2n) is 15.7. The van der Waals surface area contributed by atoms with Gasteiger partial charge in [-0.1, -0.05) is 129 Å². The summed E-state index contributed by atoms with van der Waals surface area (Å²) in [4.78, 5) is 2.45. The van der Waals surface area contributed by atoms with E-state index in [0.717, 1.165) is 55.8 Å². The topological polar surface area (TPSA) is 26.2 Å². The van der Waals surface area contributed by atoms with E-state index in [-0.39, 0.29) is 5.41 Å². The molecule has 0 aliphatic carbocycles. The van der Waals surface area contributed by atoms with Crippen LogP contribution >= 0.6 is 0 Å². The minimum absolute atomic E-state index is 0.105. The number of aromatic nitrogens is 2. The molecule has 0 spiro atoms. The standard InChI is InChI=1S/C53H37N3O/c1-53(2)42-20-8-12-24-47(42)55(48-25-13-9-21-43(48)53)37-31-32-46-41(33-37)39-17-6-10-22-44(39)54(46)36-29-27-34(28-30-36)38-19-14-26-49-50(38)51-40-18-7-11-23-45(40)56(52(51)57-49)35-15-4-3-5-16-35/h3-33H,1-2H3. The molecule has 57 heavy (non-hydrogen) atoms. The molecule has 8 aromatic carbocycles. The van der Waals surface area contributed by atoms with Crippen molar-refractivity contribution in [3.05, 3.63) is 199 Å². The summed E-state index contributed by atoms with van der Waals surface area (Å²) in [6.07, 6.45) is 0. The molecule has 0 saturated heterocycles. The highest BCUT2D eigenvalue weighted by Crippen LogP contribution is 2.52. The molecule has 1 aliphatic rings. The zero-order valence-electron chi connectivity index (χ0n) is 31.6. The van der Waals surface area contributed by atoms with Crippen LogP contribution in [0.2, 0.25) is 0 Å². The Morgan fingerprint density at radius 1 is 0.421 bits per heavy atom. The van der Waals surface area contributed by atoms with Gasteiger partial charge < -0.3 is 13.9 Å². The van der Waals surface area contributed by atoms with Gasteiger partial charge in [0.1, 0.15) is 5.58 Å². The molecule has 0 radical (unpaired) electrons. The number of hydrogen-bond donors (Lipinski definition) is 0.